The van der Waals surface area contributed by atoms with E-state index in [4.69, 9.17) is 0 Å². The molecule has 21 heavy (non-hydrogen) atoms. The summed E-state index contributed by atoms with van der Waals surface area (Å²) in [5.41, 5.74) is -0.573. The van der Waals surface area contributed by atoms with Crippen LogP contribution in [-0.2, 0) is 14.1 Å². The highest BCUT2D eigenvalue weighted by atomic mass is 19.4. The predicted octanol–water partition coefficient (Wildman–Crippen LogP) is 2.11. The van der Waals surface area contributed by atoms with Crippen molar-refractivity contribution >= 4 is 11.0 Å². The number of nitrogens with zero attached hydrogens (tertiary/aromatic N) is 2. The van der Waals surface area contributed by atoms with E-state index >= 15 is 0 Å². The third-order valence-corrected chi connectivity index (χ3v) is 3.33. The number of fused-ring (bicyclic) bond motifs is 1. The van der Waals surface area contributed by atoms with Crippen molar-refractivity contribution < 1.29 is 27.1 Å². The van der Waals surface area contributed by atoms with Crippen LogP contribution in [-0.4, -0.2) is 26.3 Å². The number of hydrogen-bond donors (Lipinski definition) is 1. The fourth-order valence-corrected chi connectivity index (χ4v) is 2.06. The van der Waals surface area contributed by atoms with Gasteiger partial charge in [-0.2, -0.15) is 22.0 Å². The number of hydrogen-bond acceptors (Lipinski definition) is 2. The lowest BCUT2D eigenvalue weighted by molar-refractivity contribution is -0.315. The molecule has 0 radical (unpaired) electrons. The van der Waals surface area contributed by atoms with Crippen molar-refractivity contribution in [2.45, 2.75) is 18.2 Å². The summed E-state index contributed by atoms with van der Waals surface area (Å²) < 4.78 is 65.4. The average Bonchev–Trinajstić information content (AvgIpc) is 2.61. The topological polar surface area (TPSA) is 47.2 Å². The molecule has 0 saturated heterocycles. The standard InChI is InChI=1S/C12H11F5N2O2/c1-18-7-4-3-6(5-8(7)19(2)10(18)21)9(20)11(13,14)12(15,16)17/h3-5,9,20H,1-2H3. The van der Waals surface area contributed by atoms with Crippen molar-refractivity contribution in [2.24, 2.45) is 14.1 Å². The normalized spacial score (nSPS) is 14.7. The van der Waals surface area contributed by atoms with E-state index in [1.165, 1.54) is 24.7 Å². The summed E-state index contributed by atoms with van der Waals surface area (Å²) >= 11 is 0. The number of alkyl halides is 5. The second-order valence-corrected chi connectivity index (χ2v) is 4.67. The maximum atomic E-state index is 13.1. The Balaban J connectivity index is 2.59. The molecule has 0 aliphatic heterocycles. The van der Waals surface area contributed by atoms with Crippen LogP contribution >= 0.6 is 0 Å². The number of rotatable bonds is 2. The van der Waals surface area contributed by atoms with E-state index in [9.17, 15) is 31.9 Å². The van der Waals surface area contributed by atoms with Crippen molar-refractivity contribution in [1.29, 1.82) is 0 Å². The maximum absolute atomic E-state index is 13.1. The average molecular weight is 310 g/mol. The van der Waals surface area contributed by atoms with Gasteiger partial charge in [0.2, 0.25) is 0 Å². The predicted molar refractivity (Wildman–Crippen MR) is 64.1 cm³/mol. The van der Waals surface area contributed by atoms with Crippen molar-refractivity contribution in [1.82, 2.24) is 9.13 Å². The molecule has 116 valence electrons. The molecule has 4 nitrogen and oxygen atoms in total. The number of benzene rings is 1. The van der Waals surface area contributed by atoms with Gasteiger partial charge in [0.05, 0.1) is 11.0 Å². The Kier molecular flexibility index (Phi) is 3.36. The van der Waals surface area contributed by atoms with Crippen LogP contribution in [0, 0.1) is 0 Å². The monoisotopic (exact) mass is 310 g/mol. The number of aryl methyl sites for hydroxylation is 2. The minimum absolute atomic E-state index is 0.150. The first-order chi connectivity index (χ1) is 9.48. The number of aliphatic hydroxyl groups is 1. The Bertz CT molecular complexity index is 744. The van der Waals surface area contributed by atoms with Gasteiger partial charge >= 0.3 is 17.8 Å². The number of halogens is 5. The summed E-state index contributed by atoms with van der Waals surface area (Å²) in [6, 6.07) is 3.09. The lowest BCUT2D eigenvalue weighted by Crippen LogP contribution is -2.42. The molecule has 0 bridgehead atoms. The van der Waals surface area contributed by atoms with Crippen LogP contribution in [0.2, 0.25) is 0 Å². The van der Waals surface area contributed by atoms with Gasteiger partial charge in [-0.3, -0.25) is 9.13 Å². The molecule has 1 aromatic carbocycles. The van der Waals surface area contributed by atoms with E-state index in [1.54, 1.807) is 0 Å². The van der Waals surface area contributed by atoms with E-state index < -0.39 is 29.5 Å². The molecule has 0 spiro atoms. The fraction of sp³-hybridized carbons (Fsp3) is 0.417. The van der Waals surface area contributed by atoms with Gasteiger partial charge < -0.3 is 5.11 Å². The Hall–Kier alpha value is -1.90. The zero-order valence-electron chi connectivity index (χ0n) is 10.9. The molecule has 0 amide bonds. The van der Waals surface area contributed by atoms with Gasteiger partial charge in [0.1, 0.15) is 0 Å². The van der Waals surface area contributed by atoms with Gasteiger partial charge in [-0.05, 0) is 17.7 Å². The van der Waals surface area contributed by atoms with E-state index in [1.807, 2.05) is 0 Å². The Morgan fingerprint density at radius 2 is 1.57 bits per heavy atom. The summed E-state index contributed by atoms with van der Waals surface area (Å²) in [4.78, 5) is 11.7. The summed E-state index contributed by atoms with van der Waals surface area (Å²) in [5.74, 6) is -5.28. The molecule has 9 heteroatoms. The molecule has 2 rings (SSSR count). The maximum Gasteiger partial charge on any atom is 0.456 e. The third-order valence-electron chi connectivity index (χ3n) is 3.33. The molecule has 1 heterocycles. The van der Waals surface area contributed by atoms with Gasteiger partial charge in [-0.15, -0.1) is 0 Å². The molecule has 0 aliphatic carbocycles. The van der Waals surface area contributed by atoms with Crippen molar-refractivity contribution in [3.8, 4) is 0 Å². The van der Waals surface area contributed by atoms with Crippen LogP contribution in [0.1, 0.15) is 11.7 Å². The molecule has 1 unspecified atom stereocenters. The molecule has 2 aromatic rings. The molecular formula is C12H11F5N2O2. The number of aromatic nitrogens is 2. The Morgan fingerprint density at radius 1 is 1.05 bits per heavy atom. The van der Waals surface area contributed by atoms with Gasteiger partial charge in [0.25, 0.3) is 0 Å². The zero-order valence-corrected chi connectivity index (χ0v) is 10.9. The van der Waals surface area contributed by atoms with E-state index in [2.05, 4.69) is 0 Å². The van der Waals surface area contributed by atoms with Crippen LogP contribution < -0.4 is 5.69 Å². The van der Waals surface area contributed by atoms with Crippen molar-refractivity contribution in [2.75, 3.05) is 0 Å². The lowest BCUT2D eigenvalue weighted by atomic mass is 10.0. The molecule has 1 aromatic heterocycles. The smallest absolute Gasteiger partial charge is 0.382 e. The first-order valence-electron chi connectivity index (χ1n) is 5.76. The second-order valence-electron chi connectivity index (χ2n) is 4.67. The molecule has 1 atom stereocenters. The van der Waals surface area contributed by atoms with Gasteiger partial charge in [0, 0.05) is 14.1 Å². The fourth-order valence-electron chi connectivity index (χ4n) is 2.06. The van der Waals surface area contributed by atoms with Crippen LogP contribution in [0.4, 0.5) is 22.0 Å². The minimum Gasteiger partial charge on any atom is -0.382 e. The highest BCUT2D eigenvalue weighted by Crippen LogP contribution is 2.44. The van der Waals surface area contributed by atoms with Gasteiger partial charge in [-0.25, -0.2) is 4.79 Å². The molecule has 0 fully saturated rings. The molecule has 0 aliphatic rings. The molecule has 1 N–H and O–H groups in total. The van der Waals surface area contributed by atoms with Crippen LogP contribution in [0.3, 0.4) is 0 Å². The second kappa shape index (κ2) is 4.55. The summed E-state index contributed by atoms with van der Waals surface area (Å²) in [7, 11) is 2.79. The quantitative estimate of drug-likeness (QED) is 0.864. The highest BCUT2D eigenvalue weighted by molar-refractivity contribution is 5.77. The van der Waals surface area contributed by atoms with Crippen LogP contribution in [0.15, 0.2) is 23.0 Å². The van der Waals surface area contributed by atoms with Crippen LogP contribution in [0.25, 0.3) is 11.0 Å². The summed E-state index contributed by atoms with van der Waals surface area (Å²) in [5, 5.41) is 9.35. The minimum atomic E-state index is -5.87. The lowest BCUT2D eigenvalue weighted by Gasteiger charge is -2.25. The van der Waals surface area contributed by atoms with Crippen molar-refractivity contribution in [3.05, 3.63) is 34.2 Å². The molecule has 0 saturated carbocycles. The highest BCUT2D eigenvalue weighted by Gasteiger charge is 2.62. The first kappa shape index (κ1) is 15.5. The SMILES string of the molecule is Cn1c(=O)n(C)c2cc(C(O)C(F)(F)C(F)(F)F)ccc21. The summed E-state index contributed by atoms with van der Waals surface area (Å²) in [6.07, 6.45) is -8.92. The van der Waals surface area contributed by atoms with Gasteiger partial charge in [-0.1, -0.05) is 6.07 Å². The largest absolute Gasteiger partial charge is 0.456 e. The Morgan fingerprint density at radius 3 is 2.10 bits per heavy atom. The van der Waals surface area contributed by atoms with Crippen LogP contribution in [0.5, 0.6) is 0 Å². The Labute approximate surface area is 115 Å². The molecular weight excluding hydrogens is 299 g/mol. The third kappa shape index (κ3) is 2.21. The number of aliphatic hydroxyl groups excluding tert-OH is 1. The van der Waals surface area contributed by atoms with Crippen molar-refractivity contribution in [3.63, 3.8) is 0 Å². The van der Waals surface area contributed by atoms with E-state index in [0.29, 0.717) is 5.52 Å². The summed E-state index contributed by atoms with van der Waals surface area (Å²) in [6.45, 7) is 0. The number of imidazole rings is 1. The van der Waals surface area contributed by atoms with E-state index in [0.717, 1.165) is 16.7 Å². The zero-order chi connectivity index (χ0) is 16.2. The van der Waals surface area contributed by atoms with E-state index in [-0.39, 0.29) is 5.52 Å². The van der Waals surface area contributed by atoms with Gasteiger partial charge in [0.15, 0.2) is 6.10 Å². The first-order valence-corrected chi connectivity index (χ1v) is 5.76.